The SMILES string of the molecule is O=c1[nH][n+]2c(c3ccccc13)OC(c1ccc(F)cc1)(c1ccc(F)cc1)C21CC1. The fraction of sp³-hybridized carbons (Fsp3) is 0.167. The van der Waals surface area contributed by atoms with Gasteiger partial charge in [0.05, 0.1) is 5.39 Å². The Hall–Kier alpha value is -3.54. The lowest BCUT2D eigenvalue weighted by atomic mass is 9.78. The predicted octanol–water partition coefficient (Wildman–Crippen LogP) is 3.92. The molecule has 2 heterocycles. The van der Waals surface area contributed by atoms with Crippen LogP contribution < -0.4 is 15.0 Å². The highest BCUT2D eigenvalue weighted by Crippen LogP contribution is 2.61. The second-order valence-corrected chi connectivity index (χ2v) is 7.96. The van der Waals surface area contributed by atoms with Gasteiger partial charge in [0.15, 0.2) is 0 Å². The molecule has 1 N–H and O–H groups in total. The first kappa shape index (κ1) is 17.3. The number of fused-ring (bicyclic) bond motifs is 4. The molecule has 6 heteroatoms. The minimum Gasteiger partial charge on any atom is -0.418 e. The number of nitrogens with one attached hydrogen (secondary N) is 1. The highest BCUT2D eigenvalue weighted by Gasteiger charge is 2.77. The molecule has 30 heavy (non-hydrogen) atoms. The second-order valence-electron chi connectivity index (χ2n) is 7.96. The van der Waals surface area contributed by atoms with Gasteiger partial charge in [0.2, 0.25) is 11.1 Å². The fourth-order valence-electron chi connectivity index (χ4n) is 4.89. The molecule has 148 valence electrons. The third-order valence-corrected chi connectivity index (χ3v) is 6.38. The normalized spacial score (nSPS) is 17.7. The first-order chi connectivity index (χ1) is 14.5. The summed E-state index contributed by atoms with van der Waals surface area (Å²) < 4.78 is 36.1. The van der Waals surface area contributed by atoms with Crippen LogP contribution in [0.15, 0.2) is 77.6 Å². The molecule has 0 saturated heterocycles. The summed E-state index contributed by atoms with van der Waals surface area (Å²) in [4.78, 5) is 12.8. The standard InChI is InChI=1S/C24H16F2N2O2/c25-17-9-5-15(6-10-17)24(16-7-11-18(26)12-8-16)23(13-14-23)28-22(30-24)20-4-2-1-3-19(20)21(29)27-28/h1-12H,13-14H2/p+1. The number of benzene rings is 3. The Morgan fingerprint density at radius 1 is 0.800 bits per heavy atom. The van der Waals surface area contributed by atoms with E-state index in [0.717, 1.165) is 24.0 Å². The molecule has 1 aliphatic carbocycles. The van der Waals surface area contributed by atoms with Crippen LogP contribution in [0.5, 0.6) is 5.88 Å². The average Bonchev–Trinajstić information content (AvgIpc) is 3.51. The van der Waals surface area contributed by atoms with Gasteiger partial charge in [0.25, 0.3) is 0 Å². The van der Waals surface area contributed by atoms with Gasteiger partial charge >= 0.3 is 11.4 Å². The first-order valence-electron chi connectivity index (χ1n) is 9.84. The van der Waals surface area contributed by atoms with Gasteiger partial charge < -0.3 is 4.74 Å². The summed E-state index contributed by atoms with van der Waals surface area (Å²) in [7, 11) is 0. The van der Waals surface area contributed by atoms with Crippen molar-refractivity contribution >= 4 is 10.8 Å². The molecule has 1 aromatic heterocycles. The fourth-order valence-corrected chi connectivity index (χ4v) is 4.89. The maximum atomic E-state index is 13.7. The number of aromatic nitrogens is 2. The van der Waals surface area contributed by atoms with Gasteiger partial charge in [-0.05, 0) is 36.4 Å². The van der Waals surface area contributed by atoms with E-state index in [1.807, 2.05) is 22.9 Å². The van der Waals surface area contributed by atoms with E-state index >= 15 is 0 Å². The Morgan fingerprint density at radius 2 is 1.33 bits per heavy atom. The molecule has 0 atom stereocenters. The quantitative estimate of drug-likeness (QED) is 0.516. The Morgan fingerprint density at radius 3 is 1.87 bits per heavy atom. The van der Waals surface area contributed by atoms with Crippen molar-refractivity contribution in [1.29, 1.82) is 0 Å². The number of H-pyrrole nitrogens is 1. The molecule has 6 rings (SSSR count). The van der Waals surface area contributed by atoms with Crippen LogP contribution in [0.4, 0.5) is 8.78 Å². The summed E-state index contributed by atoms with van der Waals surface area (Å²) in [6.45, 7) is 0. The molecule has 0 bridgehead atoms. The van der Waals surface area contributed by atoms with E-state index in [1.165, 1.54) is 24.3 Å². The van der Waals surface area contributed by atoms with Gasteiger partial charge in [0.1, 0.15) is 17.0 Å². The molecule has 0 amide bonds. The van der Waals surface area contributed by atoms with E-state index in [9.17, 15) is 13.6 Å². The Bertz CT molecular complexity index is 1310. The molecule has 2 aliphatic rings. The lowest BCUT2D eigenvalue weighted by Gasteiger charge is -2.30. The molecule has 0 radical (unpaired) electrons. The van der Waals surface area contributed by atoms with E-state index in [4.69, 9.17) is 4.74 Å². The molecule has 1 spiro atoms. The molecule has 4 aromatic rings. The minimum atomic E-state index is -1.02. The zero-order valence-corrected chi connectivity index (χ0v) is 15.9. The van der Waals surface area contributed by atoms with Crippen molar-refractivity contribution in [2.75, 3.05) is 0 Å². The van der Waals surface area contributed by atoms with E-state index in [-0.39, 0.29) is 17.2 Å². The monoisotopic (exact) mass is 403 g/mol. The Kier molecular flexibility index (Phi) is 3.32. The largest absolute Gasteiger partial charge is 0.418 e. The van der Waals surface area contributed by atoms with E-state index in [0.29, 0.717) is 16.7 Å². The molecule has 1 saturated carbocycles. The van der Waals surface area contributed by atoms with Crippen molar-refractivity contribution in [1.82, 2.24) is 5.10 Å². The summed E-state index contributed by atoms with van der Waals surface area (Å²) in [5.74, 6) is -0.143. The summed E-state index contributed by atoms with van der Waals surface area (Å²) in [6, 6.07) is 19.7. The van der Waals surface area contributed by atoms with Gasteiger partial charge in [-0.25, -0.2) is 8.78 Å². The van der Waals surface area contributed by atoms with Crippen LogP contribution >= 0.6 is 0 Å². The van der Waals surface area contributed by atoms with Gasteiger partial charge in [-0.15, -0.1) is 5.10 Å². The van der Waals surface area contributed by atoms with Crippen LogP contribution in [-0.2, 0) is 11.1 Å². The van der Waals surface area contributed by atoms with Crippen molar-refractivity contribution in [3.05, 3.63) is 106 Å². The third-order valence-electron chi connectivity index (χ3n) is 6.38. The molecule has 0 unspecified atom stereocenters. The molecule has 1 aliphatic heterocycles. The first-order valence-corrected chi connectivity index (χ1v) is 9.84. The third kappa shape index (κ3) is 2.08. The second kappa shape index (κ2) is 5.75. The number of halogens is 2. The zero-order chi connectivity index (χ0) is 20.5. The summed E-state index contributed by atoms with van der Waals surface area (Å²) in [5, 5.41) is 4.23. The zero-order valence-electron chi connectivity index (χ0n) is 15.9. The maximum Gasteiger partial charge on any atom is 0.402 e. The van der Waals surface area contributed by atoms with Crippen LogP contribution in [0.1, 0.15) is 24.0 Å². The number of rotatable bonds is 2. The van der Waals surface area contributed by atoms with Gasteiger partial charge in [-0.3, -0.25) is 4.79 Å². The predicted molar refractivity (Wildman–Crippen MR) is 106 cm³/mol. The van der Waals surface area contributed by atoms with Gasteiger partial charge in [0, 0.05) is 24.0 Å². The molecule has 4 nitrogen and oxygen atoms in total. The van der Waals surface area contributed by atoms with Crippen molar-refractivity contribution in [2.45, 2.75) is 24.0 Å². The van der Waals surface area contributed by atoms with Crippen molar-refractivity contribution in [3.63, 3.8) is 0 Å². The van der Waals surface area contributed by atoms with E-state index < -0.39 is 11.1 Å². The Labute approximate surface area is 170 Å². The molecule has 1 fully saturated rings. The Balaban J connectivity index is 1.70. The van der Waals surface area contributed by atoms with Crippen LogP contribution in [0.2, 0.25) is 0 Å². The van der Waals surface area contributed by atoms with Gasteiger partial charge in [-0.1, -0.05) is 41.1 Å². The number of nitrogens with zero attached hydrogens (tertiary/aromatic N) is 1. The average molecular weight is 403 g/mol. The highest BCUT2D eigenvalue weighted by molar-refractivity contribution is 5.85. The number of ether oxygens (including phenoxy) is 1. The lowest BCUT2D eigenvalue weighted by molar-refractivity contribution is -0.781. The van der Waals surface area contributed by atoms with Crippen LogP contribution in [-0.4, -0.2) is 5.10 Å². The van der Waals surface area contributed by atoms with Crippen molar-refractivity contribution < 1.29 is 18.2 Å². The van der Waals surface area contributed by atoms with Crippen LogP contribution in [0.3, 0.4) is 0 Å². The highest BCUT2D eigenvalue weighted by atomic mass is 19.1. The summed E-state index contributed by atoms with van der Waals surface area (Å²) >= 11 is 0. The smallest absolute Gasteiger partial charge is 0.402 e. The number of hydrogen-bond acceptors (Lipinski definition) is 2. The van der Waals surface area contributed by atoms with Crippen molar-refractivity contribution in [2.24, 2.45) is 0 Å². The lowest BCUT2D eigenvalue weighted by Crippen LogP contribution is -2.57. The molecular formula is C24H17F2N2O2+. The minimum absolute atomic E-state index is 0.196. The topological polar surface area (TPSA) is 46.0 Å². The van der Waals surface area contributed by atoms with E-state index in [2.05, 4.69) is 5.10 Å². The number of aromatic amines is 1. The van der Waals surface area contributed by atoms with Crippen molar-refractivity contribution in [3.8, 4) is 5.88 Å². The van der Waals surface area contributed by atoms with Gasteiger partial charge in [-0.2, -0.15) is 0 Å². The maximum absolute atomic E-state index is 13.7. The van der Waals surface area contributed by atoms with E-state index in [1.54, 1.807) is 30.3 Å². The van der Waals surface area contributed by atoms with Crippen LogP contribution in [0.25, 0.3) is 10.8 Å². The summed E-state index contributed by atoms with van der Waals surface area (Å²) in [6.07, 6.45) is 1.52. The summed E-state index contributed by atoms with van der Waals surface area (Å²) in [5.41, 5.74) is -0.295. The number of hydrogen-bond donors (Lipinski definition) is 1. The van der Waals surface area contributed by atoms with Crippen LogP contribution in [0, 0.1) is 11.6 Å². The molecular weight excluding hydrogens is 386 g/mol. The molecule has 3 aromatic carbocycles.